The summed E-state index contributed by atoms with van der Waals surface area (Å²) in [6, 6.07) is 0.875. The van der Waals surface area contributed by atoms with E-state index in [-0.39, 0.29) is 0 Å². The van der Waals surface area contributed by atoms with Crippen molar-refractivity contribution in [3.8, 4) is 0 Å². The first-order chi connectivity index (χ1) is 8.24. The number of unbranched alkanes of at least 4 members (excludes halogenated alkanes) is 1. The van der Waals surface area contributed by atoms with Crippen LogP contribution in [0.2, 0.25) is 6.04 Å². The molecule has 0 atom stereocenters. The Morgan fingerprint density at radius 3 is 1.59 bits per heavy atom. The second-order valence-corrected chi connectivity index (χ2v) is 5.96. The van der Waals surface area contributed by atoms with Gasteiger partial charge >= 0.3 is 8.80 Å². The van der Waals surface area contributed by atoms with Crippen LogP contribution in [0.1, 0.15) is 33.6 Å². The zero-order chi connectivity index (χ0) is 13.6. The maximum atomic E-state index is 6.00. The molecule has 0 radical (unpaired) electrons. The van der Waals surface area contributed by atoms with Crippen LogP contribution in [-0.2, 0) is 13.3 Å². The highest BCUT2D eigenvalue weighted by Gasteiger charge is 2.39. The second-order valence-electron chi connectivity index (χ2n) is 3.23. The topological polar surface area (TPSA) is 101 Å². The smallest absolute Gasteiger partial charge is 0.374 e. The van der Waals surface area contributed by atoms with Crippen LogP contribution >= 0.6 is 0 Å². The third-order valence-corrected chi connectivity index (χ3v) is 5.18. The average molecular weight is 263 g/mol. The van der Waals surface area contributed by atoms with Gasteiger partial charge < -0.3 is 19.0 Å². The Kier molecular flexibility index (Phi) is 15.0. The van der Waals surface area contributed by atoms with Gasteiger partial charge in [-0.1, -0.05) is 0 Å². The number of rotatable bonds is 10. The first kappa shape index (κ1) is 18.8. The molecule has 6 nitrogen and oxygen atoms in total. The molecule has 0 unspecified atom stereocenters. The molecule has 0 aromatic carbocycles. The molecule has 0 aliphatic carbocycles. The Labute approximate surface area is 105 Å². The van der Waals surface area contributed by atoms with Crippen molar-refractivity contribution < 1.29 is 13.3 Å². The van der Waals surface area contributed by atoms with Crippen molar-refractivity contribution in [1.29, 1.82) is 10.8 Å². The number of hydrogen-bond acceptors (Lipinski definition) is 6. The van der Waals surface area contributed by atoms with Crippen LogP contribution in [0.5, 0.6) is 0 Å². The number of nitrogens with zero attached hydrogens (tertiary/aromatic N) is 2. The van der Waals surface area contributed by atoms with E-state index in [0.717, 1.165) is 25.4 Å². The Morgan fingerprint density at radius 2 is 1.29 bits per heavy atom. The summed E-state index contributed by atoms with van der Waals surface area (Å²) in [5.74, 6) is 0. The van der Waals surface area contributed by atoms with Gasteiger partial charge in [-0.15, -0.1) is 0 Å². The van der Waals surface area contributed by atoms with Crippen LogP contribution < -0.4 is 5.73 Å². The Hall–Kier alpha value is -0.523. The molecule has 0 aliphatic heterocycles. The first-order valence-electron chi connectivity index (χ1n) is 6.06. The summed E-state index contributed by atoms with van der Waals surface area (Å²) in [6.45, 7) is 8.58. The molecule has 0 aromatic heterocycles. The monoisotopic (exact) mass is 263 g/mol. The van der Waals surface area contributed by atoms with Gasteiger partial charge in [0.25, 0.3) is 0 Å². The van der Waals surface area contributed by atoms with E-state index in [0.29, 0.717) is 19.8 Å². The summed E-state index contributed by atoms with van der Waals surface area (Å²) >= 11 is 0. The third-order valence-electron chi connectivity index (χ3n) is 2.03. The van der Waals surface area contributed by atoms with Crippen molar-refractivity contribution in [2.75, 3.05) is 26.4 Å². The molecule has 0 rings (SSSR count). The van der Waals surface area contributed by atoms with Crippen molar-refractivity contribution >= 4 is 8.80 Å². The molecule has 0 aliphatic rings. The van der Waals surface area contributed by atoms with Crippen molar-refractivity contribution in [2.45, 2.75) is 39.7 Å². The van der Waals surface area contributed by atoms with Crippen molar-refractivity contribution in [1.82, 2.24) is 0 Å². The lowest BCUT2D eigenvalue weighted by Gasteiger charge is -2.28. The van der Waals surface area contributed by atoms with E-state index in [9.17, 15) is 0 Å². The van der Waals surface area contributed by atoms with Crippen molar-refractivity contribution in [3.63, 3.8) is 0 Å². The largest absolute Gasteiger partial charge is 0.500 e. The molecule has 0 bridgehead atoms. The molecule has 0 saturated heterocycles. The predicted molar refractivity (Wildman–Crippen MR) is 67.2 cm³/mol. The summed E-state index contributed by atoms with van der Waals surface area (Å²) in [5, 5.41) is 12.0. The average Bonchev–Trinajstić information content (AvgIpc) is 2.33. The van der Waals surface area contributed by atoms with Crippen LogP contribution in [0, 0.1) is 10.8 Å². The van der Waals surface area contributed by atoms with Gasteiger partial charge in [-0.05, 0) is 40.2 Å². The lowest BCUT2D eigenvalue weighted by molar-refractivity contribution is 0.0707. The minimum Gasteiger partial charge on any atom is -0.374 e. The fourth-order valence-corrected chi connectivity index (χ4v) is 4.17. The van der Waals surface area contributed by atoms with E-state index >= 15 is 0 Å². The van der Waals surface area contributed by atoms with Gasteiger partial charge in [-0.3, -0.25) is 0 Å². The highest BCUT2D eigenvalue weighted by molar-refractivity contribution is 6.60. The predicted octanol–water partition coefficient (Wildman–Crippen LogP) is 1.80. The lowest BCUT2D eigenvalue weighted by atomic mass is 10.3. The summed E-state index contributed by atoms with van der Waals surface area (Å²) < 4.78 is 17.1. The zero-order valence-corrected chi connectivity index (χ0v) is 12.1. The first-order valence-corrected chi connectivity index (χ1v) is 7.99. The van der Waals surface area contributed by atoms with Gasteiger partial charge in [0.15, 0.2) is 0 Å². The quantitative estimate of drug-likeness (QED) is 0.366. The Balaban J connectivity index is 0. The van der Waals surface area contributed by atoms with Crippen LogP contribution in [0.3, 0.4) is 0 Å². The minimum absolute atomic E-state index is 0.648. The summed E-state index contributed by atoms with van der Waals surface area (Å²) in [6.07, 6.45) is 2.02. The highest BCUT2D eigenvalue weighted by Crippen LogP contribution is 2.18. The molecule has 0 fully saturated rings. The maximum Gasteiger partial charge on any atom is 0.500 e. The molecule has 102 valence electrons. The third kappa shape index (κ3) is 9.20. The number of hydrogen-bond donors (Lipinski definition) is 1. The summed E-state index contributed by atoms with van der Waals surface area (Å²) in [5.41, 5.74) is 5.47. The maximum absolute atomic E-state index is 6.00. The van der Waals surface area contributed by atoms with E-state index in [2.05, 4.69) is 0 Å². The Morgan fingerprint density at radius 1 is 0.882 bits per heavy atom. The fourth-order valence-electron chi connectivity index (χ4n) is 1.49. The van der Waals surface area contributed by atoms with E-state index in [4.69, 9.17) is 29.8 Å². The minimum atomic E-state index is -2.39. The lowest BCUT2D eigenvalue weighted by Crippen LogP contribution is -2.45. The molecule has 0 saturated carbocycles. The molecule has 2 N–H and O–H groups in total. The fraction of sp³-hybridized carbons (Fsp3) is 1.00. The van der Waals surface area contributed by atoms with Gasteiger partial charge in [0.2, 0.25) is 0 Å². The molecular weight excluding hydrogens is 238 g/mol. The Bertz CT molecular complexity index is 164. The van der Waals surface area contributed by atoms with E-state index < -0.39 is 8.80 Å². The molecule has 0 aromatic rings. The standard InChI is InChI=1S/C10H25NO3Si.N2/c1-4-12-15(13-5-2,14-6-3)10-8-7-9-11;1-2/h4-11H2,1-3H3;. The molecule has 7 heteroatoms. The van der Waals surface area contributed by atoms with E-state index in [1.807, 2.05) is 20.8 Å². The molecule has 0 spiro atoms. The molecule has 0 amide bonds. The molecule has 17 heavy (non-hydrogen) atoms. The SMILES string of the molecule is CCO[Si](CCCCN)(OCC)OCC.N#N. The molecular formula is C10H25N3O3Si. The van der Waals surface area contributed by atoms with Crippen LogP contribution in [0.4, 0.5) is 0 Å². The second kappa shape index (κ2) is 13.5. The van der Waals surface area contributed by atoms with Crippen LogP contribution in [0.15, 0.2) is 0 Å². The van der Waals surface area contributed by atoms with Crippen molar-refractivity contribution in [3.05, 3.63) is 0 Å². The van der Waals surface area contributed by atoms with Crippen molar-refractivity contribution in [2.24, 2.45) is 5.73 Å². The van der Waals surface area contributed by atoms with Crippen LogP contribution in [0.25, 0.3) is 0 Å². The van der Waals surface area contributed by atoms with Gasteiger partial charge in [-0.25, -0.2) is 0 Å². The normalized spacial score (nSPS) is 10.7. The van der Waals surface area contributed by atoms with Gasteiger partial charge in [0.05, 0.1) is 0 Å². The van der Waals surface area contributed by atoms with E-state index in [1.165, 1.54) is 0 Å². The summed E-state index contributed by atoms with van der Waals surface area (Å²) in [7, 11) is -2.39. The van der Waals surface area contributed by atoms with E-state index in [1.54, 1.807) is 0 Å². The summed E-state index contributed by atoms with van der Waals surface area (Å²) in [4.78, 5) is 0. The van der Waals surface area contributed by atoms with Gasteiger partial charge in [-0.2, -0.15) is 0 Å². The van der Waals surface area contributed by atoms with Gasteiger partial charge in [0, 0.05) is 36.7 Å². The van der Waals surface area contributed by atoms with Crippen LogP contribution in [-0.4, -0.2) is 35.2 Å². The number of nitrogens with two attached hydrogens (primary N) is 1. The highest BCUT2D eigenvalue weighted by atomic mass is 28.4. The van der Waals surface area contributed by atoms with Gasteiger partial charge in [0.1, 0.15) is 0 Å². The molecule has 0 heterocycles. The zero-order valence-electron chi connectivity index (χ0n) is 11.1.